The number of rotatable bonds is 5. The van der Waals surface area contributed by atoms with Crippen molar-refractivity contribution in [3.8, 4) is 0 Å². The molecule has 1 rings (SSSR count). The van der Waals surface area contributed by atoms with Gasteiger partial charge in [-0.25, -0.2) is 0 Å². The van der Waals surface area contributed by atoms with Crippen molar-refractivity contribution in [2.24, 2.45) is 0 Å². The topological polar surface area (TPSA) is 9.23 Å². The van der Waals surface area contributed by atoms with Crippen molar-refractivity contribution in [1.82, 2.24) is 0 Å². The van der Waals surface area contributed by atoms with Gasteiger partial charge in [0.2, 0.25) is 0 Å². The zero-order valence-electron chi connectivity index (χ0n) is 7.91. The standard InChI is InChI=1S/C9H18OS2/c1-3-11-9(12-4-2)8-6-5-7-10-8/h8-9H,3-7H2,1-2H3. The third-order valence-corrected chi connectivity index (χ3v) is 4.68. The third-order valence-electron chi connectivity index (χ3n) is 1.93. The third kappa shape index (κ3) is 3.19. The fourth-order valence-corrected chi connectivity index (χ4v) is 4.13. The summed E-state index contributed by atoms with van der Waals surface area (Å²) < 4.78 is 6.36. The van der Waals surface area contributed by atoms with E-state index in [-0.39, 0.29) is 0 Å². The van der Waals surface area contributed by atoms with Gasteiger partial charge in [0.25, 0.3) is 0 Å². The van der Waals surface area contributed by atoms with Crippen LogP contribution >= 0.6 is 23.5 Å². The first-order valence-electron chi connectivity index (χ1n) is 4.73. The second-order valence-corrected chi connectivity index (χ2v) is 5.97. The van der Waals surface area contributed by atoms with Gasteiger partial charge in [-0.15, -0.1) is 23.5 Å². The van der Waals surface area contributed by atoms with Crippen molar-refractivity contribution in [1.29, 1.82) is 0 Å². The van der Waals surface area contributed by atoms with Crippen LogP contribution in [0.5, 0.6) is 0 Å². The molecule has 0 aromatic heterocycles. The van der Waals surface area contributed by atoms with Crippen molar-refractivity contribution in [3.05, 3.63) is 0 Å². The van der Waals surface area contributed by atoms with Crippen molar-refractivity contribution >= 4 is 23.5 Å². The van der Waals surface area contributed by atoms with Gasteiger partial charge in [-0.05, 0) is 24.3 Å². The number of hydrogen-bond acceptors (Lipinski definition) is 3. The molecule has 1 heterocycles. The van der Waals surface area contributed by atoms with Crippen LogP contribution in [0.3, 0.4) is 0 Å². The van der Waals surface area contributed by atoms with Crippen LogP contribution in [0, 0.1) is 0 Å². The van der Waals surface area contributed by atoms with Gasteiger partial charge in [0, 0.05) is 6.61 Å². The summed E-state index contributed by atoms with van der Waals surface area (Å²) >= 11 is 4.07. The molecular formula is C9H18OS2. The summed E-state index contributed by atoms with van der Waals surface area (Å²) in [4.78, 5) is 0. The molecule has 1 saturated heterocycles. The molecule has 0 saturated carbocycles. The van der Waals surface area contributed by atoms with Gasteiger partial charge >= 0.3 is 0 Å². The average Bonchev–Trinajstić information content (AvgIpc) is 2.56. The van der Waals surface area contributed by atoms with E-state index in [0.717, 1.165) is 6.61 Å². The van der Waals surface area contributed by atoms with Crippen LogP contribution in [0.2, 0.25) is 0 Å². The Bertz CT molecular complexity index is 107. The lowest BCUT2D eigenvalue weighted by atomic mass is 10.3. The van der Waals surface area contributed by atoms with Crippen molar-refractivity contribution in [3.63, 3.8) is 0 Å². The predicted molar refractivity (Wildman–Crippen MR) is 59.0 cm³/mol. The first kappa shape index (κ1) is 10.7. The Morgan fingerprint density at radius 3 is 2.42 bits per heavy atom. The van der Waals surface area contributed by atoms with Crippen molar-refractivity contribution < 1.29 is 4.74 Å². The molecule has 0 aromatic rings. The summed E-state index contributed by atoms with van der Waals surface area (Å²) in [5, 5.41) is 0. The number of ether oxygens (including phenoxy) is 1. The van der Waals surface area contributed by atoms with Crippen molar-refractivity contribution in [2.45, 2.75) is 37.4 Å². The van der Waals surface area contributed by atoms with Crippen LogP contribution in [-0.4, -0.2) is 28.8 Å². The molecule has 0 N–H and O–H groups in total. The maximum Gasteiger partial charge on any atom is 0.0785 e. The molecule has 0 aromatic carbocycles. The zero-order chi connectivity index (χ0) is 8.81. The number of hydrogen-bond donors (Lipinski definition) is 0. The lowest BCUT2D eigenvalue weighted by Gasteiger charge is -2.20. The van der Waals surface area contributed by atoms with E-state index in [2.05, 4.69) is 13.8 Å². The van der Waals surface area contributed by atoms with Crippen molar-refractivity contribution in [2.75, 3.05) is 18.1 Å². The van der Waals surface area contributed by atoms with Gasteiger partial charge in [-0.2, -0.15) is 0 Å². The largest absolute Gasteiger partial charge is 0.376 e. The van der Waals surface area contributed by atoms with Gasteiger partial charge in [0.15, 0.2) is 0 Å². The van der Waals surface area contributed by atoms with Gasteiger partial charge in [0.1, 0.15) is 0 Å². The molecule has 1 aliphatic heterocycles. The lowest BCUT2D eigenvalue weighted by molar-refractivity contribution is 0.123. The first-order chi connectivity index (χ1) is 5.88. The molecule has 0 bridgehead atoms. The normalized spacial score (nSPS) is 23.8. The molecule has 1 unspecified atom stereocenters. The summed E-state index contributed by atoms with van der Waals surface area (Å²) in [6.07, 6.45) is 3.06. The predicted octanol–water partition coefficient (Wildman–Crippen LogP) is 3.00. The maximum absolute atomic E-state index is 5.68. The SMILES string of the molecule is CCSC(SCC)C1CCCO1. The Hall–Kier alpha value is 0.660. The van der Waals surface area contributed by atoms with Crippen LogP contribution in [-0.2, 0) is 4.74 Å². The van der Waals surface area contributed by atoms with Gasteiger partial charge in [-0.1, -0.05) is 13.8 Å². The average molecular weight is 206 g/mol. The summed E-state index contributed by atoms with van der Waals surface area (Å²) in [5.41, 5.74) is 0. The molecule has 0 radical (unpaired) electrons. The Balaban J connectivity index is 2.29. The van der Waals surface area contributed by atoms with E-state index in [1.54, 1.807) is 0 Å². The van der Waals surface area contributed by atoms with Crippen LogP contribution in [0.4, 0.5) is 0 Å². The molecule has 1 nitrogen and oxygen atoms in total. The molecule has 72 valence electrons. The summed E-state index contributed by atoms with van der Waals surface area (Å²) in [6.45, 7) is 5.43. The van der Waals surface area contributed by atoms with E-state index >= 15 is 0 Å². The second kappa shape index (κ2) is 6.17. The fraction of sp³-hybridized carbons (Fsp3) is 1.00. The molecular weight excluding hydrogens is 188 g/mol. The molecule has 1 fully saturated rings. The van der Waals surface area contributed by atoms with Crippen LogP contribution in [0.1, 0.15) is 26.7 Å². The van der Waals surface area contributed by atoms with E-state index in [4.69, 9.17) is 4.74 Å². The Morgan fingerprint density at radius 2 is 2.00 bits per heavy atom. The van der Waals surface area contributed by atoms with E-state index in [1.807, 2.05) is 23.5 Å². The second-order valence-electron chi connectivity index (χ2n) is 2.83. The Morgan fingerprint density at radius 1 is 1.33 bits per heavy atom. The monoisotopic (exact) mass is 206 g/mol. The number of thioether (sulfide) groups is 2. The summed E-state index contributed by atoms with van der Waals surface area (Å²) in [6, 6.07) is 0. The van der Waals surface area contributed by atoms with E-state index in [1.165, 1.54) is 24.3 Å². The molecule has 0 spiro atoms. The molecule has 0 amide bonds. The van der Waals surface area contributed by atoms with E-state index in [0.29, 0.717) is 10.7 Å². The minimum Gasteiger partial charge on any atom is -0.376 e. The van der Waals surface area contributed by atoms with E-state index < -0.39 is 0 Å². The van der Waals surface area contributed by atoms with E-state index in [9.17, 15) is 0 Å². The highest BCUT2D eigenvalue weighted by atomic mass is 32.2. The highest BCUT2D eigenvalue weighted by Crippen LogP contribution is 2.32. The molecule has 1 aliphatic rings. The summed E-state index contributed by atoms with van der Waals surface area (Å²) in [7, 11) is 0. The lowest BCUT2D eigenvalue weighted by Crippen LogP contribution is -2.19. The smallest absolute Gasteiger partial charge is 0.0785 e. The minimum atomic E-state index is 0.528. The Kier molecular flexibility index (Phi) is 5.52. The molecule has 1 atom stereocenters. The van der Waals surface area contributed by atoms with Gasteiger partial charge in [-0.3, -0.25) is 0 Å². The highest BCUT2D eigenvalue weighted by molar-refractivity contribution is 8.17. The van der Waals surface area contributed by atoms with Gasteiger partial charge in [0.05, 0.1) is 10.7 Å². The fourth-order valence-electron chi connectivity index (χ4n) is 1.41. The quantitative estimate of drug-likeness (QED) is 0.640. The van der Waals surface area contributed by atoms with Gasteiger partial charge < -0.3 is 4.74 Å². The van der Waals surface area contributed by atoms with Crippen LogP contribution in [0.15, 0.2) is 0 Å². The first-order valence-corrected chi connectivity index (χ1v) is 6.83. The molecule has 0 aliphatic carbocycles. The zero-order valence-corrected chi connectivity index (χ0v) is 9.55. The van der Waals surface area contributed by atoms with Crippen LogP contribution in [0.25, 0.3) is 0 Å². The maximum atomic E-state index is 5.68. The Labute approximate surface area is 84.0 Å². The minimum absolute atomic E-state index is 0.528. The molecule has 12 heavy (non-hydrogen) atoms. The summed E-state index contributed by atoms with van der Waals surface area (Å²) in [5.74, 6) is 2.41. The van der Waals surface area contributed by atoms with Crippen LogP contribution < -0.4 is 0 Å². The highest BCUT2D eigenvalue weighted by Gasteiger charge is 2.25. The molecule has 3 heteroatoms.